The summed E-state index contributed by atoms with van der Waals surface area (Å²) in [6.45, 7) is 2.81. The van der Waals surface area contributed by atoms with Crippen molar-refractivity contribution < 1.29 is 9.59 Å². The molecule has 0 radical (unpaired) electrons. The molecular formula is C18H26BrNO2S. The minimum atomic E-state index is -0.122. The van der Waals surface area contributed by atoms with Crippen molar-refractivity contribution in [2.75, 3.05) is 6.54 Å². The van der Waals surface area contributed by atoms with Crippen LogP contribution in [0, 0.1) is 0 Å². The van der Waals surface area contributed by atoms with Crippen LogP contribution in [0.25, 0.3) is 0 Å². The summed E-state index contributed by atoms with van der Waals surface area (Å²) in [6.07, 6.45) is 12.6. The lowest BCUT2D eigenvalue weighted by atomic mass is 10.1. The van der Waals surface area contributed by atoms with E-state index in [-0.39, 0.29) is 11.8 Å². The van der Waals surface area contributed by atoms with Crippen LogP contribution in [0.1, 0.15) is 91.2 Å². The highest BCUT2D eigenvalue weighted by Gasteiger charge is 2.37. The van der Waals surface area contributed by atoms with Crippen LogP contribution in [0.2, 0.25) is 0 Å². The molecule has 2 heterocycles. The molecule has 0 aliphatic carbocycles. The van der Waals surface area contributed by atoms with Crippen molar-refractivity contribution in [3.05, 3.63) is 20.3 Å². The Kier molecular flexibility index (Phi) is 7.77. The largest absolute Gasteiger partial charge is 0.274 e. The molecule has 0 unspecified atom stereocenters. The molecule has 23 heavy (non-hydrogen) atoms. The fraction of sp³-hybridized carbons (Fsp3) is 0.667. The molecule has 0 N–H and O–H groups in total. The topological polar surface area (TPSA) is 37.4 Å². The second-order valence-corrected chi connectivity index (χ2v) is 8.67. The number of hydrogen-bond acceptors (Lipinski definition) is 3. The molecule has 1 aromatic rings. The maximum atomic E-state index is 12.2. The van der Waals surface area contributed by atoms with Crippen molar-refractivity contribution >= 4 is 39.1 Å². The summed E-state index contributed by atoms with van der Waals surface area (Å²) in [4.78, 5) is 26.4. The van der Waals surface area contributed by atoms with E-state index in [0.717, 1.165) is 16.6 Å². The van der Waals surface area contributed by atoms with Gasteiger partial charge in [-0.25, -0.2) is 0 Å². The third kappa shape index (κ3) is 5.15. The third-order valence-electron chi connectivity index (χ3n) is 4.35. The van der Waals surface area contributed by atoms with Crippen LogP contribution in [0.4, 0.5) is 0 Å². The Bertz CT molecular complexity index is 508. The predicted molar refractivity (Wildman–Crippen MR) is 99.2 cm³/mol. The number of thiophene rings is 1. The van der Waals surface area contributed by atoms with Crippen molar-refractivity contribution in [3.63, 3.8) is 0 Å². The van der Waals surface area contributed by atoms with Gasteiger partial charge in [-0.15, -0.1) is 11.3 Å². The maximum absolute atomic E-state index is 12.2. The van der Waals surface area contributed by atoms with Crippen molar-refractivity contribution in [1.29, 1.82) is 0 Å². The maximum Gasteiger partial charge on any atom is 0.271 e. The lowest BCUT2D eigenvalue weighted by molar-refractivity contribution is 0.0652. The van der Waals surface area contributed by atoms with Gasteiger partial charge in [-0.1, -0.05) is 64.7 Å². The monoisotopic (exact) mass is 399 g/mol. The van der Waals surface area contributed by atoms with Gasteiger partial charge in [0.25, 0.3) is 11.8 Å². The standard InChI is InChI=1S/C18H26BrNO2S/c1-2-3-4-5-6-7-8-9-10-11-12-20-17(21)14-13-15(19)23-16(14)18(20)22/h13H,2-12H2,1H3. The van der Waals surface area contributed by atoms with Crippen molar-refractivity contribution in [1.82, 2.24) is 4.90 Å². The van der Waals surface area contributed by atoms with Crippen LogP contribution in [0.3, 0.4) is 0 Å². The first-order valence-corrected chi connectivity index (χ1v) is 10.4. The Morgan fingerprint density at radius 2 is 1.48 bits per heavy atom. The second kappa shape index (κ2) is 9.58. The van der Waals surface area contributed by atoms with Crippen LogP contribution in [-0.2, 0) is 0 Å². The highest BCUT2D eigenvalue weighted by Crippen LogP contribution is 2.34. The fourth-order valence-corrected chi connectivity index (χ4v) is 4.54. The van der Waals surface area contributed by atoms with E-state index in [1.165, 1.54) is 67.6 Å². The number of hydrogen-bond donors (Lipinski definition) is 0. The molecule has 0 aromatic carbocycles. The summed E-state index contributed by atoms with van der Waals surface area (Å²) < 4.78 is 0.850. The summed E-state index contributed by atoms with van der Waals surface area (Å²) in [5.41, 5.74) is 0.568. The van der Waals surface area contributed by atoms with Gasteiger partial charge in [-0.3, -0.25) is 14.5 Å². The van der Waals surface area contributed by atoms with Crippen LogP contribution in [0.5, 0.6) is 0 Å². The van der Waals surface area contributed by atoms with Gasteiger partial charge in [0.2, 0.25) is 0 Å². The van der Waals surface area contributed by atoms with Gasteiger partial charge in [0, 0.05) is 6.54 Å². The van der Waals surface area contributed by atoms with Crippen LogP contribution in [0.15, 0.2) is 9.85 Å². The fourth-order valence-electron chi connectivity index (χ4n) is 3.00. The zero-order chi connectivity index (χ0) is 16.7. The molecule has 0 atom stereocenters. The van der Waals surface area contributed by atoms with E-state index in [9.17, 15) is 9.59 Å². The van der Waals surface area contributed by atoms with E-state index >= 15 is 0 Å². The molecule has 5 heteroatoms. The van der Waals surface area contributed by atoms with Crippen molar-refractivity contribution in [2.45, 2.75) is 71.1 Å². The van der Waals surface area contributed by atoms with Gasteiger partial charge in [-0.05, 0) is 28.4 Å². The van der Waals surface area contributed by atoms with Crippen molar-refractivity contribution in [2.24, 2.45) is 0 Å². The molecule has 2 amide bonds. The number of imide groups is 1. The Hall–Kier alpha value is -0.680. The molecule has 1 aliphatic rings. The number of unbranched alkanes of at least 4 members (excludes halogenated alkanes) is 9. The van der Waals surface area contributed by atoms with E-state index in [4.69, 9.17) is 0 Å². The van der Waals surface area contributed by atoms with Crippen LogP contribution < -0.4 is 0 Å². The molecule has 1 aliphatic heterocycles. The highest BCUT2D eigenvalue weighted by molar-refractivity contribution is 9.11. The molecule has 2 rings (SSSR count). The number of halogens is 1. The highest BCUT2D eigenvalue weighted by atomic mass is 79.9. The summed E-state index contributed by atoms with van der Waals surface area (Å²) in [6, 6.07) is 1.76. The van der Waals surface area contributed by atoms with Crippen LogP contribution >= 0.6 is 27.3 Å². The smallest absolute Gasteiger partial charge is 0.271 e. The zero-order valence-electron chi connectivity index (χ0n) is 13.9. The molecule has 3 nitrogen and oxygen atoms in total. The molecule has 1 aromatic heterocycles. The number of amides is 2. The quantitative estimate of drug-likeness (QED) is 0.336. The van der Waals surface area contributed by atoms with E-state index < -0.39 is 0 Å². The number of carbonyl (C=O) groups is 2. The second-order valence-electron chi connectivity index (χ2n) is 6.24. The Morgan fingerprint density at radius 1 is 0.913 bits per heavy atom. The third-order valence-corrected chi connectivity index (χ3v) is 5.98. The lowest BCUT2D eigenvalue weighted by Crippen LogP contribution is -2.30. The average Bonchev–Trinajstić information content (AvgIpc) is 3.01. The van der Waals surface area contributed by atoms with Crippen LogP contribution in [-0.4, -0.2) is 23.3 Å². The van der Waals surface area contributed by atoms with E-state index in [2.05, 4.69) is 22.9 Å². The SMILES string of the molecule is CCCCCCCCCCCCN1C(=O)c2cc(Br)sc2C1=O. The molecule has 0 saturated heterocycles. The minimum absolute atomic E-state index is 0.114. The average molecular weight is 400 g/mol. The molecule has 128 valence electrons. The van der Waals surface area contributed by atoms with Gasteiger partial charge in [-0.2, -0.15) is 0 Å². The minimum Gasteiger partial charge on any atom is -0.274 e. The number of rotatable bonds is 11. The normalized spacial score (nSPS) is 13.9. The Balaban J connectivity index is 1.56. The molecule has 0 bridgehead atoms. The van der Waals surface area contributed by atoms with Gasteiger partial charge < -0.3 is 0 Å². The number of nitrogens with zero attached hydrogens (tertiary/aromatic N) is 1. The Labute approximate surface area is 151 Å². The molecule has 0 saturated carbocycles. The Morgan fingerprint density at radius 3 is 2.04 bits per heavy atom. The van der Waals surface area contributed by atoms with E-state index in [0.29, 0.717) is 17.0 Å². The summed E-state index contributed by atoms with van der Waals surface area (Å²) in [7, 11) is 0. The van der Waals surface area contributed by atoms with Gasteiger partial charge in [0.15, 0.2) is 0 Å². The van der Waals surface area contributed by atoms with E-state index in [1.807, 2.05) is 0 Å². The van der Waals surface area contributed by atoms with Gasteiger partial charge in [0.05, 0.1) is 9.35 Å². The summed E-state index contributed by atoms with van der Waals surface area (Å²) in [5.74, 6) is -0.237. The lowest BCUT2D eigenvalue weighted by Gasteiger charge is -2.13. The number of fused-ring (bicyclic) bond motifs is 1. The predicted octanol–water partition coefficient (Wildman–Crippen LogP) is 6.03. The zero-order valence-corrected chi connectivity index (χ0v) is 16.3. The molecule has 0 spiro atoms. The molecular weight excluding hydrogens is 374 g/mol. The summed E-state index contributed by atoms with van der Waals surface area (Å²) >= 11 is 4.69. The number of carbonyl (C=O) groups excluding carboxylic acids is 2. The van der Waals surface area contributed by atoms with Crippen molar-refractivity contribution in [3.8, 4) is 0 Å². The summed E-state index contributed by atoms with van der Waals surface area (Å²) in [5, 5.41) is 0. The van der Waals surface area contributed by atoms with Gasteiger partial charge >= 0.3 is 0 Å². The first-order valence-electron chi connectivity index (χ1n) is 8.80. The first-order chi connectivity index (χ1) is 11.1. The molecule has 0 fully saturated rings. The van der Waals surface area contributed by atoms with E-state index in [1.54, 1.807) is 6.07 Å². The first kappa shape index (κ1) is 18.7. The van der Waals surface area contributed by atoms with Gasteiger partial charge in [0.1, 0.15) is 4.88 Å².